The van der Waals surface area contributed by atoms with Crippen molar-refractivity contribution in [1.82, 2.24) is 0 Å². The quantitative estimate of drug-likeness (QED) is 0.873. The summed E-state index contributed by atoms with van der Waals surface area (Å²) in [5.41, 5.74) is 2.76. The Morgan fingerprint density at radius 2 is 2.06 bits per heavy atom. The van der Waals surface area contributed by atoms with Gasteiger partial charge in [-0.15, -0.1) is 0 Å². The van der Waals surface area contributed by atoms with Crippen LogP contribution in [0.25, 0.3) is 0 Å². The number of carboxylic acids is 1. The first-order valence-electron chi connectivity index (χ1n) is 5.91. The predicted molar refractivity (Wildman–Crippen MR) is 65.1 cm³/mol. The summed E-state index contributed by atoms with van der Waals surface area (Å²) >= 11 is 0. The minimum atomic E-state index is -0.738. The van der Waals surface area contributed by atoms with Crippen LogP contribution in [0.5, 0.6) is 0 Å². The van der Waals surface area contributed by atoms with Crippen molar-refractivity contribution in [3.05, 3.63) is 34.9 Å². The van der Waals surface area contributed by atoms with E-state index in [1.807, 2.05) is 32.0 Å². The second kappa shape index (κ2) is 4.49. The predicted octanol–water partition coefficient (Wildman–Crippen LogP) is 2.34. The minimum Gasteiger partial charge on any atom is -0.481 e. The molecule has 92 valence electrons. The first kappa shape index (κ1) is 12.1. The molecule has 1 fully saturated rings. The van der Waals surface area contributed by atoms with E-state index in [1.54, 1.807) is 0 Å². The number of rotatable bonds is 3. The molecule has 3 heteroatoms. The lowest BCUT2D eigenvalue weighted by Gasteiger charge is -2.24. The van der Waals surface area contributed by atoms with Crippen molar-refractivity contribution in [2.45, 2.75) is 26.7 Å². The van der Waals surface area contributed by atoms with E-state index in [1.165, 1.54) is 0 Å². The summed E-state index contributed by atoms with van der Waals surface area (Å²) < 4.78 is 5.29. The topological polar surface area (TPSA) is 46.5 Å². The molecule has 2 rings (SSSR count). The molecule has 1 aliphatic heterocycles. The summed E-state index contributed by atoms with van der Waals surface area (Å²) in [5, 5.41) is 9.43. The largest absolute Gasteiger partial charge is 0.481 e. The monoisotopic (exact) mass is 234 g/mol. The molecule has 1 heterocycles. The summed E-state index contributed by atoms with van der Waals surface area (Å²) in [6.07, 6.45) is 1.18. The maximum absolute atomic E-state index is 11.5. The maximum atomic E-state index is 11.5. The van der Waals surface area contributed by atoms with Crippen molar-refractivity contribution in [3.63, 3.8) is 0 Å². The van der Waals surface area contributed by atoms with Crippen molar-refractivity contribution in [2.75, 3.05) is 13.2 Å². The Hall–Kier alpha value is -1.35. The number of carboxylic acid groups (broad SMARTS) is 1. The van der Waals surface area contributed by atoms with Gasteiger partial charge >= 0.3 is 5.97 Å². The zero-order valence-corrected chi connectivity index (χ0v) is 10.3. The first-order chi connectivity index (χ1) is 8.05. The molecular weight excluding hydrogens is 216 g/mol. The van der Waals surface area contributed by atoms with Crippen LogP contribution in [0, 0.1) is 19.3 Å². The van der Waals surface area contributed by atoms with Crippen LogP contribution in [-0.4, -0.2) is 24.3 Å². The number of hydrogen-bond acceptors (Lipinski definition) is 2. The summed E-state index contributed by atoms with van der Waals surface area (Å²) in [6, 6.07) is 6.08. The summed E-state index contributed by atoms with van der Waals surface area (Å²) in [6.45, 7) is 4.95. The van der Waals surface area contributed by atoms with E-state index in [0.29, 0.717) is 26.1 Å². The van der Waals surface area contributed by atoms with Crippen LogP contribution in [0.1, 0.15) is 23.1 Å². The zero-order chi connectivity index (χ0) is 12.5. The lowest BCUT2D eigenvalue weighted by molar-refractivity contribution is -0.148. The van der Waals surface area contributed by atoms with Crippen LogP contribution in [0.3, 0.4) is 0 Å². The molecule has 3 nitrogen and oxygen atoms in total. The Labute approximate surface area is 101 Å². The highest BCUT2D eigenvalue weighted by molar-refractivity contribution is 5.75. The normalized spacial score (nSPS) is 23.9. The van der Waals surface area contributed by atoms with Gasteiger partial charge in [0.05, 0.1) is 12.0 Å². The molecule has 1 atom stereocenters. The minimum absolute atomic E-state index is 0.329. The number of aliphatic carboxylic acids is 1. The second-order valence-corrected chi connectivity index (χ2v) is 4.94. The fourth-order valence-electron chi connectivity index (χ4n) is 2.46. The number of ether oxygens (including phenoxy) is 1. The molecule has 1 unspecified atom stereocenters. The molecule has 17 heavy (non-hydrogen) atoms. The first-order valence-corrected chi connectivity index (χ1v) is 5.91. The Bertz CT molecular complexity index is 411. The van der Waals surface area contributed by atoms with Crippen LogP contribution in [0.4, 0.5) is 0 Å². The van der Waals surface area contributed by atoms with Crippen LogP contribution in [0.2, 0.25) is 0 Å². The van der Waals surface area contributed by atoms with Crippen LogP contribution in [0.15, 0.2) is 18.2 Å². The van der Waals surface area contributed by atoms with Crippen molar-refractivity contribution in [2.24, 2.45) is 5.41 Å². The van der Waals surface area contributed by atoms with E-state index in [4.69, 9.17) is 4.74 Å². The van der Waals surface area contributed by atoms with Crippen LogP contribution >= 0.6 is 0 Å². The molecule has 0 bridgehead atoms. The third-order valence-electron chi connectivity index (χ3n) is 3.72. The third kappa shape index (κ3) is 2.20. The fraction of sp³-hybridized carbons (Fsp3) is 0.500. The lowest BCUT2D eigenvalue weighted by Crippen LogP contribution is -2.34. The van der Waals surface area contributed by atoms with E-state index in [0.717, 1.165) is 16.7 Å². The standard InChI is InChI=1S/C14H18O3/c1-10-4-3-5-11(2)12(10)8-14(13(15)16)6-7-17-9-14/h3-5H,6-9H2,1-2H3,(H,15,16). The highest BCUT2D eigenvalue weighted by atomic mass is 16.5. The molecule has 0 aliphatic carbocycles. The van der Waals surface area contributed by atoms with Crippen molar-refractivity contribution >= 4 is 5.97 Å². The van der Waals surface area contributed by atoms with Gasteiger partial charge < -0.3 is 9.84 Å². The van der Waals surface area contributed by atoms with E-state index >= 15 is 0 Å². The maximum Gasteiger partial charge on any atom is 0.312 e. The third-order valence-corrected chi connectivity index (χ3v) is 3.72. The van der Waals surface area contributed by atoms with E-state index < -0.39 is 11.4 Å². The Balaban J connectivity index is 2.33. The van der Waals surface area contributed by atoms with Crippen molar-refractivity contribution in [3.8, 4) is 0 Å². The van der Waals surface area contributed by atoms with Gasteiger partial charge in [0.1, 0.15) is 0 Å². The molecule has 0 aromatic heterocycles. The van der Waals surface area contributed by atoms with Gasteiger partial charge in [-0.1, -0.05) is 18.2 Å². The highest BCUT2D eigenvalue weighted by Crippen LogP contribution is 2.34. The number of hydrogen-bond donors (Lipinski definition) is 1. The van der Waals surface area contributed by atoms with Gasteiger partial charge in [0.25, 0.3) is 0 Å². The molecule has 1 N–H and O–H groups in total. The smallest absolute Gasteiger partial charge is 0.312 e. The Morgan fingerprint density at radius 3 is 2.53 bits per heavy atom. The average Bonchev–Trinajstić information content (AvgIpc) is 2.73. The van der Waals surface area contributed by atoms with Crippen LogP contribution in [-0.2, 0) is 16.0 Å². The van der Waals surface area contributed by atoms with Crippen molar-refractivity contribution < 1.29 is 14.6 Å². The molecule has 0 saturated carbocycles. The highest BCUT2D eigenvalue weighted by Gasteiger charge is 2.42. The average molecular weight is 234 g/mol. The van der Waals surface area contributed by atoms with E-state index in [9.17, 15) is 9.90 Å². The molecule has 1 aliphatic rings. The van der Waals surface area contributed by atoms with E-state index in [-0.39, 0.29) is 0 Å². The number of carbonyl (C=O) groups is 1. The van der Waals surface area contributed by atoms with Crippen LogP contribution < -0.4 is 0 Å². The Kier molecular flexibility index (Phi) is 3.20. The van der Waals surface area contributed by atoms with E-state index in [2.05, 4.69) is 0 Å². The van der Waals surface area contributed by atoms with Gasteiger partial charge in [0.2, 0.25) is 0 Å². The summed E-state index contributed by atoms with van der Waals surface area (Å²) in [4.78, 5) is 11.5. The van der Waals surface area contributed by atoms with Gasteiger partial charge in [0.15, 0.2) is 0 Å². The molecule has 1 saturated heterocycles. The van der Waals surface area contributed by atoms with Gasteiger partial charge in [-0.2, -0.15) is 0 Å². The molecule has 0 amide bonds. The molecular formula is C14H18O3. The van der Waals surface area contributed by atoms with Gasteiger partial charge in [-0.3, -0.25) is 4.79 Å². The van der Waals surface area contributed by atoms with Crippen molar-refractivity contribution in [1.29, 1.82) is 0 Å². The fourth-order valence-corrected chi connectivity index (χ4v) is 2.46. The molecule has 1 aromatic carbocycles. The summed E-state index contributed by atoms with van der Waals surface area (Å²) in [5.74, 6) is -0.738. The number of aryl methyl sites for hydroxylation is 2. The summed E-state index contributed by atoms with van der Waals surface area (Å²) in [7, 11) is 0. The molecule has 0 radical (unpaired) electrons. The molecule has 0 spiro atoms. The SMILES string of the molecule is Cc1cccc(C)c1CC1(C(=O)O)CCOC1. The van der Waals surface area contributed by atoms with Gasteiger partial charge in [0, 0.05) is 6.61 Å². The number of benzene rings is 1. The Morgan fingerprint density at radius 1 is 1.41 bits per heavy atom. The zero-order valence-electron chi connectivity index (χ0n) is 10.3. The van der Waals surface area contributed by atoms with Gasteiger partial charge in [-0.05, 0) is 43.4 Å². The van der Waals surface area contributed by atoms with Gasteiger partial charge in [-0.25, -0.2) is 0 Å². The lowest BCUT2D eigenvalue weighted by atomic mass is 9.79. The molecule has 1 aromatic rings. The second-order valence-electron chi connectivity index (χ2n) is 4.94.